The summed E-state index contributed by atoms with van der Waals surface area (Å²) in [5.41, 5.74) is 1.59. The van der Waals surface area contributed by atoms with E-state index in [0.717, 1.165) is 39.0 Å². The first-order valence-corrected chi connectivity index (χ1v) is 15.9. The van der Waals surface area contributed by atoms with Crippen LogP contribution in [0.15, 0.2) is 36.9 Å². The lowest BCUT2D eigenvalue weighted by molar-refractivity contribution is 0.0920. The summed E-state index contributed by atoms with van der Waals surface area (Å²) in [5, 5.41) is 6.32. The van der Waals surface area contributed by atoms with Crippen molar-refractivity contribution in [3.05, 3.63) is 47.6 Å². The maximum Gasteiger partial charge on any atom is 0.280 e. The van der Waals surface area contributed by atoms with E-state index in [1.807, 2.05) is 6.92 Å². The molecule has 3 N–H and O–H groups in total. The summed E-state index contributed by atoms with van der Waals surface area (Å²) >= 11 is 1.21. The van der Waals surface area contributed by atoms with Gasteiger partial charge in [-0.2, -0.15) is 0 Å². The molecule has 1 aliphatic heterocycles. The zero-order valence-corrected chi connectivity index (χ0v) is 24.0. The van der Waals surface area contributed by atoms with E-state index in [1.165, 1.54) is 17.5 Å². The van der Waals surface area contributed by atoms with Gasteiger partial charge in [-0.05, 0) is 31.9 Å². The highest BCUT2D eigenvalue weighted by molar-refractivity contribution is 7.93. The van der Waals surface area contributed by atoms with E-state index in [4.69, 9.17) is 4.74 Å². The fraction of sp³-hybridized carbons (Fsp3) is 0.500. The maximum atomic E-state index is 13.4. The number of ether oxygens (including phenoxy) is 1. The number of carbonyl (C=O) groups excluding carboxylic acids is 1. The number of nitrogens with zero attached hydrogens (tertiary/aromatic N) is 5. The SMILES string of the molecule is CCOc1cncc(-c2cnc(C(=O)N[C@H](CN3CCNCC3)c3cc(NS(=O)(=O)C4CCCC4)ccn3)s2)n1. The molecule has 0 aromatic carbocycles. The Kier molecular flexibility index (Phi) is 9.19. The van der Waals surface area contributed by atoms with Gasteiger partial charge in [0.05, 0.1) is 46.6 Å². The first-order valence-electron chi connectivity index (χ1n) is 13.5. The van der Waals surface area contributed by atoms with Gasteiger partial charge < -0.3 is 15.4 Å². The number of amides is 1. The molecule has 0 spiro atoms. The number of pyridine rings is 1. The Bertz CT molecular complexity index is 1400. The molecule has 1 aliphatic carbocycles. The zero-order chi connectivity index (χ0) is 28.0. The molecule has 12 nitrogen and oxygen atoms in total. The van der Waals surface area contributed by atoms with Crippen molar-refractivity contribution in [3.8, 4) is 16.5 Å². The number of aromatic nitrogens is 4. The molecule has 3 aromatic rings. The molecular formula is C26H34N8O4S2. The maximum absolute atomic E-state index is 13.4. The molecule has 1 atom stereocenters. The predicted molar refractivity (Wildman–Crippen MR) is 153 cm³/mol. The van der Waals surface area contributed by atoms with Crippen molar-refractivity contribution in [1.29, 1.82) is 0 Å². The Balaban J connectivity index is 1.34. The second-order valence-electron chi connectivity index (χ2n) is 9.80. The average molecular weight is 587 g/mol. The second kappa shape index (κ2) is 13.0. The third-order valence-electron chi connectivity index (χ3n) is 6.95. The van der Waals surface area contributed by atoms with Gasteiger partial charge in [-0.25, -0.2) is 18.4 Å². The normalized spacial score (nSPS) is 17.4. The van der Waals surface area contributed by atoms with Crippen molar-refractivity contribution in [2.75, 3.05) is 44.1 Å². The zero-order valence-electron chi connectivity index (χ0n) is 22.4. The molecule has 40 heavy (non-hydrogen) atoms. The fourth-order valence-electron chi connectivity index (χ4n) is 4.92. The number of nitrogens with one attached hydrogen (secondary N) is 3. The molecule has 2 fully saturated rings. The van der Waals surface area contributed by atoms with Crippen LogP contribution in [0, 0.1) is 0 Å². The number of rotatable bonds is 11. The van der Waals surface area contributed by atoms with Gasteiger partial charge in [-0.15, -0.1) is 11.3 Å². The van der Waals surface area contributed by atoms with Crippen molar-refractivity contribution in [3.63, 3.8) is 0 Å². The molecule has 0 unspecified atom stereocenters. The van der Waals surface area contributed by atoms with E-state index in [9.17, 15) is 13.2 Å². The minimum Gasteiger partial charge on any atom is -0.477 e. The molecule has 14 heteroatoms. The topological polar surface area (TPSA) is 151 Å². The second-order valence-corrected chi connectivity index (χ2v) is 12.8. The van der Waals surface area contributed by atoms with Gasteiger partial charge in [0.2, 0.25) is 15.9 Å². The van der Waals surface area contributed by atoms with E-state index in [1.54, 1.807) is 30.7 Å². The molecule has 0 bridgehead atoms. The monoisotopic (exact) mass is 586 g/mol. The predicted octanol–water partition coefficient (Wildman–Crippen LogP) is 2.45. The minimum absolute atomic E-state index is 0.280. The quantitative estimate of drug-likeness (QED) is 0.306. The third-order valence-corrected chi connectivity index (χ3v) is 9.84. The van der Waals surface area contributed by atoms with Crippen LogP contribution in [0.3, 0.4) is 0 Å². The van der Waals surface area contributed by atoms with E-state index < -0.39 is 16.1 Å². The Morgan fingerprint density at radius 3 is 2.77 bits per heavy atom. The van der Waals surface area contributed by atoms with E-state index in [-0.39, 0.29) is 16.2 Å². The minimum atomic E-state index is -3.49. The number of sulfonamides is 1. The lowest BCUT2D eigenvalue weighted by Gasteiger charge is -2.31. The molecule has 1 saturated carbocycles. The van der Waals surface area contributed by atoms with Crippen molar-refractivity contribution in [2.24, 2.45) is 0 Å². The van der Waals surface area contributed by atoms with E-state index in [2.05, 4.69) is 40.2 Å². The number of thiazole rings is 1. The lowest BCUT2D eigenvalue weighted by atomic mass is 10.1. The molecule has 5 rings (SSSR count). The average Bonchev–Trinajstić information content (AvgIpc) is 3.67. The molecule has 214 valence electrons. The van der Waals surface area contributed by atoms with Crippen molar-refractivity contribution < 1.29 is 17.9 Å². The van der Waals surface area contributed by atoms with Gasteiger partial charge in [-0.3, -0.25) is 24.4 Å². The van der Waals surface area contributed by atoms with Crippen molar-refractivity contribution in [1.82, 2.24) is 35.5 Å². The molecular weight excluding hydrogens is 552 g/mol. The van der Waals surface area contributed by atoms with E-state index >= 15 is 0 Å². The highest BCUT2D eigenvalue weighted by Crippen LogP contribution is 2.28. The standard InChI is InChI=1S/C26H34N8O4S2/c1-2-38-24-16-28-14-21(31-24)23-15-30-26(39-23)25(35)32-22(17-34-11-9-27-10-12-34)20-13-18(7-8-29-20)33-40(36,37)19-5-3-4-6-19/h7-8,13-16,19,22,27H,2-6,9-12,17H2,1H3,(H,29,33)(H,32,35)/t22-/m1/s1. The van der Waals surface area contributed by atoms with Crippen molar-refractivity contribution >= 4 is 33.0 Å². The number of anilines is 1. The molecule has 1 saturated heterocycles. The summed E-state index contributed by atoms with van der Waals surface area (Å²) < 4.78 is 34.0. The smallest absolute Gasteiger partial charge is 0.280 e. The molecule has 3 aromatic heterocycles. The third kappa shape index (κ3) is 7.11. The van der Waals surface area contributed by atoms with Crippen LogP contribution >= 0.6 is 11.3 Å². The van der Waals surface area contributed by atoms with Gasteiger partial charge in [-0.1, -0.05) is 12.8 Å². The van der Waals surface area contributed by atoms with Gasteiger partial charge in [0.25, 0.3) is 5.91 Å². The summed E-state index contributed by atoms with van der Waals surface area (Å²) in [6, 6.07) is 2.88. The number of carbonyl (C=O) groups is 1. The molecule has 2 aliphatic rings. The molecule has 4 heterocycles. The fourth-order valence-corrected chi connectivity index (χ4v) is 7.27. The lowest BCUT2D eigenvalue weighted by Crippen LogP contribution is -2.47. The van der Waals surface area contributed by atoms with Crippen LogP contribution < -0.4 is 20.1 Å². The largest absolute Gasteiger partial charge is 0.477 e. The summed E-state index contributed by atoms with van der Waals surface area (Å²) in [4.78, 5) is 33.8. The highest BCUT2D eigenvalue weighted by atomic mass is 32.2. The Morgan fingerprint density at radius 1 is 1.20 bits per heavy atom. The van der Waals surface area contributed by atoms with Crippen LogP contribution in [0.1, 0.15) is 54.1 Å². The molecule has 1 amide bonds. The van der Waals surface area contributed by atoms with E-state index in [0.29, 0.717) is 53.8 Å². The summed E-state index contributed by atoms with van der Waals surface area (Å²) in [6.07, 6.45) is 9.51. The van der Waals surface area contributed by atoms with Crippen LogP contribution in [0.2, 0.25) is 0 Å². The Labute approximate surface area is 238 Å². The van der Waals surface area contributed by atoms with Gasteiger partial charge >= 0.3 is 0 Å². The van der Waals surface area contributed by atoms with Gasteiger partial charge in [0, 0.05) is 45.1 Å². The van der Waals surface area contributed by atoms with Crippen LogP contribution in [0.25, 0.3) is 10.6 Å². The first kappa shape index (κ1) is 28.3. The van der Waals surface area contributed by atoms with Crippen LogP contribution in [-0.2, 0) is 10.0 Å². The van der Waals surface area contributed by atoms with Gasteiger partial charge in [0.15, 0.2) is 5.01 Å². The number of hydrogen-bond acceptors (Lipinski definition) is 11. The Hall–Kier alpha value is -3.20. The van der Waals surface area contributed by atoms with Crippen LogP contribution in [-0.4, -0.2) is 83.7 Å². The number of piperazine rings is 1. The summed E-state index contributed by atoms with van der Waals surface area (Å²) in [5.74, 6) is 0.0639. The Morgan fingerprint density at radius 2 is 2.00 bits per heavy atom. The first-order chi connectivity index (χ1) is 19.4. The van der Waals surface area contributed by atoms with Gasteiger partial charge in [0.1, 0.15) is 5.69 Å². The molecule has 0 radical (unpaired) electrons. The van der Waals surface area contributed by atoms with Crippen LogP contribution in [0.4, 0.5) is 5.69 Å². The van der Waals surface area contributed by atoms with Crippen molar-refractivity contribution in [2.45, 2.75) is 43.9 Å². The summed E-state index contributed by atoms with van der Waals surface area (Å²) in [6.45, 7) is 6.24. The highest BCUT2D eigenvalue weighted by Gasteiger charge is 2.29. The number of hydrogen-bond donors (Lipinski definition) is 3. The van der Waals surface area contributed by atoms with Crippen LogP contribution in [0.5, 0.6) is 5.88 Å². The summed E-state index contributed by atoms with van der Waals surface area (Å²) in [7, 11) is -3.49.